The molecule has 2 aliphatic heterocycles. The monoisotopic (exact) mass is 408 g/mol. The summed E-state index contributed by atoms with van der Waals surface area (Å²) in [6.45, 7) is 1.73. The van der Waals surface area contributed by atoms with Gasteiger partial charge in [-0.25, -0.2) is 12.8 Å². The largest absolute Gasteiger partial charge is 0.339 e. The molecule has 4 rings (SSSR count). The lowest BCUT2D eigenvalue weighted by molar-refractivity contribution is 0.0788. The van der Waals surface area contributed by atoms with Crippen LogP contribution >= 0.6 is 0 Å². The number of amides is 1. The summed E-state index contributed by atoms with van der Waals surface area (Å²) < 4.78 is 46.9. The molecule has 0 spiro atoms. The topological polar surface area (TPSA) is 96.6 Å². The van der Waals surface area contributed by atoms with Crippen molar-refractivity contribution in [2.24, 2.45) is 0 Å². The van der Waals surface area contributed by atoms with Crippen LogP contribution in [0.4, 0.5) is 4.39 Å². The highest BCUT2D eigenvalue weighted by Gasteiger charge is 2.34. The molecule has 3 heterocycles. The minimum Gasteiger partial charge on any atom is -0.339 e. The summed E-state index contributed by atoms with van der Waals surface area (Å²) in [4.78, 5) is 17.8. The molecule has 1 aromatic carbocycles. The van der Waals surface area contributed by atoms with Gasteiger partial charge in [-0.3, -0.25) is 4.79 Å². The van der Waals surface area contributed by atoms with Crippen molar-refractivity contribution in [1.82, 2.24) is 19.3 Å². The highest BCUT2D eigenvalue weighted by Crippen LogP contribution is 2.30. The van der Waals surface area contributed by atoms with Crippen LogP contribution < -0.4 is 0 Å². The number of halogens is 1. The van der Waals surface area contributed by atoms with Gasteiger partial charge in [-0.2, -0.15) is 9.29 Å². The summed E-state index contributed by atoms with van der Waals surface area (Å²) in [5, 5.41) is 3.57. The fourth-order valence-electron chi connectivity index (χ4n) is 3.79. The number of hydrogen-bond donors (Lipinski definition) is 0. The average molecular weight is 408 g/mol. The summed E-state index contributed by atoms with van der Waals surface area (Å²) in [6, 6.07) is 3.51. The first-order valence-corrected chi connectivity index (χ1v) is 10.8. The number of likely N-dealkylation sites (tertiary alicyclic amines) is 1. The van der Waals surface area contributed by atoms with Gasteiger partial charge in [-0.15, -0.1) is 0 Å². The highest BCUT2D eigenvalue weighted by atomic mass is 32.2. The predicted molar refractivity (Wildman–Crippen MR) is 96.6 cm³/mol. The molecule has 150 valence electrons. The van der Waals surface area contributed by atoms with Gasteiger partial charge < -0.3 is 9.42 Å². The molecule has 28 heavy (non-hydrogen) atoms. The molecule has 0 unspecified atom stereocenters. The first-order valence-electron chi connectivity index (χ1n) is 9.32. The number of carbonyl (C=O) groups excluding carboxylic acids is 1. The van der Waals surface area contributed by atoms with Gasteiger partial charge in [0.1, 0.15) is 5.82 Å². The van der Waals surface area contributed by atoms with E-state index in [9.17, 15) is 17.6 Å². The molecule has 10 heteroatoms. The summed E-state index contributed by atoms with van der Waals surface area (Å²) in [7, 11) is -3.89. The molecular weight excluding hydrogens is 387 g/mol. The van der Waals surface area contributed by atoms with Crippen LogP contribution in [0.15, 0.2) is 33.9 Å². The van der Waals surface area contributed by atoms with Gasteiger partial charge in [0.05, 0.1) is 16.4 Å². The summed E-state index contributed by atoms with van der Waals surface area (Å²) in [5.41, 5.74) is -0.0942. The molecule has 1 aromatic heterocycles. The van der Waals surface area contributed by atoms with Gasteiger partial charge in [0, 0.05) is 26.2 Å². The van der Waals surface area contributed by atoms with Crippen molar-refractivity contribution < 1.29 is 22.1 Å². The molecule has 0 radical (unpaired) electrons. The van der Waals surface area contributed by atoms with E-state index in [1.807, 2.05) is 0 Å². The Balaban J connectivity index is 1.55. The van der Waals surface area contributed by atoms with Gasteiger partial charge in [0.25, 0.3) is 5.91 Å². The smallest absolute Gasteiger partial charge is 0.256 e. The number of nitrogens with zero attached hydrogens (tertiary/aromatic N) is 4. The highest BCUT2D eigenvalue weighted by molar-refractivity contribution is 7.89. The lowest BCUT2D eigenvalue weighted by atomic mass is 10.00. The second kappa shape index (κ2) is 7.59. The SMILES string of the molecule is O=C(c1ccc(S(=O)(=O)N2CCC[C@@H](c3ncno3)C2)cc1F)N1CCCC1. The Kier molecular flexibility index (Phi) is 5.15. The van der Waals surface area contributed by atoms with Crippen molar-refractivity contribution in [3.63, 3.8) is 0 Å². The van der Waals surface area contributed by atoms with Gasteiger partial charge >= 0.3 is 0 Å². The Hall–Kier alpha value is -2.33. The lowest BCUT2D eigenvalue weighted by Crippen LogP contribution is -2.39. The number of rotatable bonds is 4. The predicted octanol–water partition coefficient (Wildman–Crippen LogP) is 2.01. The molecule has 1 atom stereocenters. The Labute approximate surface area is 162 Å². The van der Waals surface area contributed by atoms with E-state index in [0.717, 1.165) is 25.3 Å². The molecule has 2 saturated heterocycles. The third-order valence-corrected chi connectivity index (χ3v) is 7.17. The quantitative estimate of drug-likeness (QED) is 0.768. The molecule has 2 aromatic rings. The van der Waals surface area contributed by atoms with Crippen molar-refractivity contribution in [3.8, 4) is 0 Å². The van der Waals surface area contributed by atoms with E-state index < -0.39 is 21.7 Å². The van der Waals surface area contributed by atoms with Crippen molar-refractivity contribution in [2.45, 2.75) is 36.5 Å². The molecule has 0 saturated carbocycles. The molecule has 0 aliphatic carbocycles. The maximum atomic E-state index is 14.6. The van der Waals surface area contributed by atoms with Crippen LogP contribution in [0.25, 0.3) is 0 Å². The maximum absolute atomic E-state index is 14.6. The Bertz CT molecular complexity index is 958. The summed E-state index contributed by atoms with van der Waals surface area (Å²) >= 11 is 0. The second-order valence-corrected chi connectivity index (χ2v) is 9.06. The van der Waals surface area contributed by atoms with E-state index in [-0.39, 0.29) is 22.9 Å². The zero-order chi connectivity index (χ0) is 19.7. The Morgan fingerprint density at radius 1 is 1.18 bits per heavy atom. The fraction of sp³-hybridized carbons (Fsp3) is 0.500. The van der Waals surface area contributed by atoms with Gasteiger partial charge in [-0.05, 0) is 43.9 Å². The van der Waals surface area contributed by atoms with Crippen LogP contribution in [0, 0.1) is 5.82 Å². The standard InChI is InChI=1S/C18H21FN4O4S/c19-16-10-14(5-6-15(16)18(24)22-7-1-2-8-22)28(25,26)23-9-3-4-13(11-23)17-20-12-21-27-17/h5-6,10,12-13H,1-4,7-9,11H2/t13-/m1/s1. The zero-order valence-electron chi connectivity index (χ0n) is 15.3. The maximum Gasteiger partial charge on any atom is 0.256 e. The normalized spacial score (nSPS) is 21.2. The molecule has 1 amide bonds. The van der Waals surface area contributed by atoms with Crippen molar-refractivity contribution in [1.29, 1.82) is 0 Å². The lowest BCUT2D eigenvalue weighted by Gasteiger charge is -2.30. The van der Waals surface area contributed by atoms with E-state index >= 15 is 0 Å². The van der Waals surface area contributed by atoms with E-state index in [1.165, 1.54) is 22.8 Å². The zero-order valence-corrected chi connectivity index (χ0v) is 16.1. The van der Waals surface area contributed by atoms with E-state index in [4.69, 9.17) is 4.52 Å². The summed E-state index contributed by atoms with van der Waals surface area (Å²) in [6.07, 6.45) is 4.46. The van der Waals surface area contributed by atoms with E-state index in [0.29, 0.717) is 31.9 Å². The Morgan fingerprint density at radius 3 is 2.64 bits per heavy atom. The molecule has 8 nitrogen and oxygen atoms in total. The number of sulfonamides is 1. The van der Waals surface area contributed by atoms with Crippen LogP contribution in [0.1, 0.15) is 47.8 Å². The average Bonchev–Trinajstić information content (AvgIpc) is 3.41. The second-order valence-electron chi connectivity index (χ2n) is 7.12. The molecule has 2 fully saturated rings. The van der Waals surface area contributed by atoms with E-state index in [1.54, 1.807) is 4.90 Å². The van der Waals surface area contributed by atoms with Gasteiger partial charge in [0.2, 0.25) is 15.9 Å². The number of aromatic nitrogens is 2. The van der Waals surface area contributed by atoms with Crippen molar-refractivity contribution in [2.75, 3.05) is 26.2 Å². The van der Waals surface area contributed by atoms with Crippen LogP contribution in [0.3, 0.4) is 0 Å². The number of piperidine rings is 1. The summed E-state index contributed by atoms with van der Waals surface area (Å²) in [5.74, 6) is -0.999. The number of carbonyl (C=O) groups is 1. The van der Waals surface area contributed by atoms with Gasteiger partial charge in [-0.1, -0.05) is 5.16 Å². The number of hydrogen-bond acceptors (Lipinski definition) is 6. The van der Waals surface area contributed by atoms with Crippen molar-refractivity contribution >= 4 is 15.9 Å². The minimum atomic E-state index is -3.89. The van der Waals surface area contributed by atoms with Crippen LogP contribution in [0.5, 0.6) is 0 Å². The molecule has 0 bridgehead atoms. The molecule has 2 aliphatic rings. The molecule has 0 N–H and O–H groups in total. The van der Waals surface area contributed by atoms with Crippen LogP contribution in [-0.4, -0.2) is 59.8 Å². The van der Waals surface area contributed by atoms with Crippen LogP contribution in [-0.2, 0) is 10.0 Å². The Morgan fingerprint density at radius 2 is 1.96 bits per heavy atom. The van der Waals surface area contributed by atoms with Crippen LogP contribution in [0.2, 0.25) is 0 Å². The molecular formula is C18H21FN4O4S. The number of benzene rings is 1. The third kappa shape index (κ3) is 3.53. The first-order chi connectivity index (χ1) is 13.5. The third-order valence-electron chi connectivity index (χ3n) is 5.31. The van der Waals surface area contributed by atoms with E-state index in [2.05, 4.69) is 10.1 Å². The minimum absolute atomic E-state index is 0.0942. The first kappa shape index (κ1) is 19.0. The fourth-order valence-corrected chi connectivity index (χ4v) is 5.33. The van der Waals surface area contributed by atoms with Gasteiger partial charge in [0.15, 0.2) is 6.33 Å². The van der Waals surface area contributed by atoms with Crippen molar-refractivity contribution in [3.05, 3.63) is 41.8 Å².